The van der Waals surface area contributed by atoms with E-state index < -0.39 is 5.97 Å². The van der Waals surface area contributed by atoms with Crippen LogP contribution in [0.4, 0.5) is 0 Å². The van der Waals surface area contributed by atoms with Crippen molar-refractivity contribution in [3.63, 3.8) is 0 Å². The van der Waals surface area contributed by atoms with E-state index in [1.54, 1.807) is 0 Å². The largest absolute Gasteiger partial charge is 0.476 e. The Morgan fingerprint density at radius 3 is 3.00 bits per heavy atom. The Hall–Kier alpha value is -1.36. The van der Waals surface area contributed by atoms with Gasteiger partial charge in [-0.25, -0.2) is 9.78 Å². The van der Waals surface area contributed by atoms with Crippen molar-refractivity contribution in [3.8, 4) is 0 Å². The number of carboxylic acid groups (broad SMARTS) is 1. The minimum atomic E-state index is -0.970. The Balaban J connectivity index is 2.44. The van der Waals surface area contributed by atoms with E-state index in [4.69, 9.17) is 10.2 Å². The lowest BCUT2D eigenvalue weighted by Gasteiger charge is -2.22. The Kier molecular flexibility index (Phi) is 2.96. The monoisotopic (exact) mass is 224 g/mol. The van der Waals surface area contributed by atoms with Crippen LogP contribution in [0.25, 0.3) is 0 Å². The lowest BCUT2D eigenvalue weighted by atomic mass is 9.97. The minimum absolute atomic E-state index is 0.00503. The van der Waals surface area contributed by atoms with Crippen LogP contribution in [-0.2, 0) is 19.4 Å². The van der Waals surface area contributed by atoms with Gasteiger partial charge in [-0.15, -0.1) is 0 Å². The summed E-state index contributed by atoms with van der Waals surface area (Å²) in [6.45, 7) is 2.94. The smallest absolute Gasteiger partial charge is 0.356 e. The molecule has 5 heteroatoms. The van der Waals surface area contributed by atoms with Gasteiger partial charge in [-0.05, 0) is 18.8 Å². The number of aromatic carboxylic acids is 1. The first kappa shape index (κ1) is 11.1. The number of rotatable bonds is 3. The van der Waals surface area contributed by atoms with Crippen LogP contribution in [0.3, 0.4) is 0 Å². The molecule has 1 unspecified atom stereocenters. The molecule has 0 radical (unpaired) electrons. The van der Waals surface area contributed by atoms with Gasteiger partial charge < -0.3 is 14.8 Å². The average Bonchev–Trinajstić information content (AvgIpc) is 2.57. The van der Waals surface area contributed by atoms with Crippen LogP contribution in [0.1, 0.15) is 35.4 Å². The molecular formula is C11H16N2O3. The van der Waals surface area contributed by atoms with Crippen molar-refractivity contribution in [3.05, 3.63) is 17.2 Å². The van der Waals surface area contributed by atoms with Crippen LogP contribution < -0.4 is 0 Å². The van der Waals surface area contributed by atoms with E-state index in [-0.39, 0.29) is 12.3 Å². The normalized spacial score (nSPS) is 19.5. The van der Waals surface area contributed by atoms with Gasteiger partial charge in [-0.2, -0.15) is 0 Å². The van der Waals surface area contributed by atoms with Crippen molar-refractivity contribution < 1.29 is 15.0 Å². The minimum Gasteiger partial charge on any atom is -0.476 e. The molecule has 2 N–H and O–H groups in total. The molecule has 16 heavy (non-hydrogen) atoms. The van der Waals surface area contributed by atoms with Gasteiger partial charge in [-0.3, -0.25) is 0 Å². The first-order valence-corrected chi connectivity index (χ1v) is 5.56. The lowest BCUT2D eigenvalue weighted by Crippen LogP contribution is -2.20. The maximum Gasteiger partial charge on any atom is 0.356 e. The van der Waals surface area contributed by atoms with Crippen molar-refractivity contribution in [2.45, 2.75) is 32.7 Å². The van der Waals surface area contributed by atoms with Gasteiger partial charge in [0.1, 0.15) is 5.82 Å². The molecule has 1 atom stereocenters. The van der Waals surface area contributed by atoms with Crippen molar-refractivity contribution >= 4 is 5.97 Å². The van der Waals surface area contributed by atoms with E-state index >= 15 is 0 Å². The first-order valence-electron chi connectivity index (χ1n) is 5.56. The Morgan fingerprint density at radius 2 is 2.38 bits per heavy atom. The standard InChI is InChI=1S/C11H16N2O3/c1-7-2-4-13-8(6-7)10(11(15)16)12-9(13)3-5-14/h7,14H,2-6H2,1H3,(H,15,16). The second kappa shape index (κ2) is 4.25. The molecule has 0 fully saturated rings. The van der Waals surface area contributed by atoms with E-state index in [0.29, 0.717) is 18.2 Å². The molecule has 0 saturated carbocycles. The number of imidazole rings is 1. The third kappa shape index (κ3) is 1.82. The number of hydrogen-bond donors (Lipinski definition) is 2. The van der Waals surface area contributed by atoms with Crippen molar-refractivity contribution in [1.82, 2.24) is 9.55 Å². The van der Waals surface area contributed by atoms with Gasteiger partial charge in [0.2, 0.25) is 0 Å². The summed E-state index contributed by atoms with van der Waals surface area (Å²) in [7, 11) is 0. The fraction of sp³-hybridized carbons (Fsp3) is 0.636. The SMILES string of the molecule is CC1CCn2c(CCO)nc(C(=O)O)c2C1. The van der Waals surface area contributed by atoms with Gasteiger partial charge >= 0.3 is 5.97 Å². The van der Waals surface area contributed by atoms with Crippen molar-refractivity contribution in [2.24, 2.45) is 5.92 Å². The highest BCUT2D eigenvalue weighted by Crippen LogP contribution is 2.24. The van der Waals surface area contributed by atoms with E-state index in [1.807, 2.05) is 4.57 Å². The zero-order valence-corrected chi connectivity index (χ0v) is 9.31. The summed E-state index contributed by atoms with van der Waals surface area (Å²) in [6, 6.07) is 0. The topological polar surface area (TPSA) is 75.3 Å². The summed E-state index contributed by atoms with van der Waals surface area (Å²) in [5.74, 6) is 0.230. The molecule has 1 aromatic heterocycles. The molecule has 1 aliphatic heterocycles. The summed E-state index contributed by atoms with van der Waals surface area (Å²) in [5.41, 5.74) is 0.977. The van der Waals surface area contributed by atoms with Crippen LogP contribution in [-0.4, -0.2) is 32.3 Å². The molecule has 88 valence electrons. The summed E-state index contributed by atoms with van der Waals surface area (Å²) >= 11 is 0. The average molecular weight is 224 g/mol. The highest BCUT2D eigenvalue weighted by atomic mass is 16.4. The van der Waals surface area contributed by atoms with Gasteiger partial charge in [0.25, 0.3) is 0 Å². The molecule has 2 heterocycles. The fourth-order valence-electron chi connectivity index (χ4n) is 2.25. The van der Waals surface area contributed by atoms with Crippen LogP contribution >= 0.6 is 0 Å². The number of carboxylic acids is 1. The molecule has 0 bridgehead atoms. The predicted molar refractivity (Wildman–Crippen MR) is 57.5 cm³/mol. The summed E-state index contributed by atoms with van der Waals surface area (Å²) < 4.78 is 1.96. The van der Waals surface area contributed by atoms with E-state index in [0.717, 1.165) is 25.1 Å². The third-order valence-electron chi connectivity index (χ3n) is 3.08. The van der Waals surface area contributed by atoms with E-state index in [9.17, 15) is 4.79 Å². The highest BCUT2D eigenvalue weighted by Gasteiger charge is 2.26. The maximum absolute atomic E-state index is 11.1. The van der Waals surface area contributed by atoms with Gasteiger partial charge in [0, 0.05) is 13.0 Å². The number of aliphatic hydroxyl groups excluding tert-OH is 1. The van der Waals surface area contributed by atoms with Crippen LogP contribution in [0.2, 0.25) is 0 Å². The van der Waals surface area contributed by atoms with Crippen molar-refractivity contribution in [2.75, 3.05) is 6.61 Å². The van der Waals surface area contributed by atoms with Crippen LogP contribution in [0, 0.1) is 5.92 Å². The highest BCUT2D eigenvalue weighted by molar-refractivity contribution is 5.87. The molecule has 1 aromatic rings. The van der Waals surface area contributed by atoms with E-state index in [1.165, 1.54) is 0 Å². The molecule has 0 amide bonds. The number of fused-ring (bicyclic) bond motifs is 1. The number of aromatic nitrogens is 2. The zero-order valence-electron chi connectivity index (χ0n) is 9.31. The summed E-state index contributed by atoms with van der Waals surface area (Å²) in [4.78, 5) is 15.2. The molecule has 5 nitrogen and oxygen atoms in total. The van der Waals surface area contributed by atoms with Gasteiger partial charge in [0.05, 0.1) is 12.3 Å². The fourth-order valence-corrected chi connectivity index (χ4v) is 2.25. The number of hydrogen-bond acceptors (Lipinski definition) is 3. The van der Waals surface area contributed by atoms with Gasteiger partial charge in [0.15, 0.2) is 5.69 Å². The molecule has 0 saturated heterocycles. The lowest BCUT2D eigenvalue weighted by molar-refractivity contribution is 0.0688. The summed E-state index contributed by atoms with van der Waals surface area (Å²) in [6.07, 6.45) is 2.23. The predicted octanol–water partition coefficient (Wildman–Crippen LogP) is 0.698. The molecule has 0 spiro atoms. The molecule has 0 aromatic carbocycles. The Bertz CT molecular complexity index is 412. The second-order valence-electron chi connectivity index (χ2n) is 4.35. The summed E-state index contributed by atoms with van der Waals surface area (Å²) in [5, 5.41) is 18.0. The van der Waals surface area contributed by atoms with Crippen molar-refractivity contribution in [1.29, 1.82) is 0 Å². The Labute approximate surface area is 93.7 Å². The van der Waals surface area contributed by atoms with E-state index in [2.05, 4.69) is 11.9 Å². The molecule has 2 rings (SSSR count). The molecular weight excluding hydrogens is 208 g/mol. The zero-order chi connectivity index (χ0) is 11.7. The molecule has 1 aliphatic rings. The van der Waals surface area contributed by atoms with Crippen LogP contribution in [0.5, 0.6) is 0 Å². The number of nitrogens with zero attached hydrogens (tertiary/aromatic N) is 2. The second-order valence-corrected chi connectivity index (χ2v) is 4.35. The third-order valence-corrected chi connectivity index (χ3v) is 3.08. The van der Waals surface area contributed by atoms with Gasteiger partial charge in [-0.1, -0.05) is 6.92 Å². The van der Waals surface area contributed by atoms with Crippen LogP contribution in [0.15, 0.2) is 0 Å². The maximum atomic E-state index is 11.1. The number of carbonyl (C=O) groups is 1. The number of aliphatic hydroxyl groups is 1. The molecule has 0 aliphatic carbocycles. The quantitative estimate of drug-likeness (QED) is 0.792. The first-order chi connectivity index (χ1) is 7.63. The Morgan fingerprint density at radius 1 is 1.62 bits per heavy atom.